The Morgan fingerprint density at radius 2 is 1.55 bits per heavy atom. The molecule has 0 atom stereocenters. The van der Waals surface area contributed by atoms with Gasteiger partial charge in [-0.2, -0.15) is 0 Å². The molecule has 0 amide bonds. The molecular weight excluding hydrogens is 560 g/mol. The van der Waals surface area contributed by atoms with Gasteiger partial charge in [-0.15, -0.1) is 0 Å². The number of non-ortho nitro benzene ring substituents is 1. The van der Waals surface area contributed by atoms with Gasteiger partial charge in [-0.3, -0.25) is 24.9 Å². The normalized spacial score (nSPS) is 13.9. The molecule has 0 radical (unpaired) electrons. The van der Waals surface area contributed by atoms with Gasteiger partial charge in [0.2, 0.25) is 0 Å². The molecule has 1 saturated heterocycles. The summed E-state index contributed by atoms with van der Waals surface area (Å²) < 4.78 is 10.6. The standard InChI is InChI=1S/C34H34N4O6/c1-24-30(31(29(23-35-24)33(39)43-2)27-14-9-15-28(22-27)38(41)42)34(40)44-21-20-36-16-18-37(19-17-36)32(25-10-5-3-6-11-25)26-12-7-4-8-13-26/h3-15,22-23,32H,16-21H2,1-2H3. The van der Waals surface area contributed by atoms with E-state index in [1.54, 1.807) is 13.0 Å². The van der Waals surface area contributed by atoms with Gasteiger partial charge < -0.3 is 9.47 Å². The van der Waals surface area contributed by atoms with Gasteiger partial charge in [0.25, 0.3) is 5.69 Å². The minimum atomic E-state index is -0.713. The van der Waals surface area contributed by atoms with Gasteiger partial charge in [0.05, 0.1) is 34.9 Å². The van der Waals surface area contributed by atoms with E-state index in [4.69, 9.17) is 9.47 Å². The third-order valence-electron chi connectivity index (χ3n) is 7.87. The Bertz CT molecular complexity index is 1580. The molecule has 1 aliphatic heterocycles. The number of ether oxygens (including phenoxy) is 2. The molecule has 0 spiro atoms. The van der Waals surface area contributed by atoms with Crippen molar-refractivity contribution in [2.45, 2.75) is 13.0 Å². The maximum absolute atomic E-state index is 13.5. The van der Waals surface area contributed by atoms with Crippen LogP contribution in [0.1, 0.15) is 43.6 Å². The number of esters is 2. The van der Waals surface area contributed by atoms with E-state index < -0.39 is 16.9 Å². The van der Waals surface area contributed by atoms with Crippen LogP contribution in [0.15, 0.2) is 91.1 Å². The Balaban J connectivity index is 1.27. The lowest BCUT2D eigenvalue weighted by Gasteiger charge is -2.39. The van der Waals surface area contributed by atoms with Crippen LogP contribution in [0.5, 0.6) is 0 Å². The first kappa shape index (κ1) is 30.5. The number of pyridine rings is 1. The van der Waals surface area contributed by atoms with Crippen molar-refractivity contribution in [3.63, 3.8) is 0 Å². The Morgan fingerprint density at radius 1 is 0.909 bits per heavy atom. The van der Waals surface area contributed by atoms with Crippen LogP contribution < -0.4 is 0 Å². The molecule has 2 heterocycles. The molecule has 5 rings (SSSR count). The molecule has 0 bridgehead atoms. The second-order valence-corrected chi connectivity index (χ2v) is 10.5. The Hall–Kier alpha value is -4.93. The van der Waals surface area contributed by atoms with Crippen LogP contribution in [-0.4, -0.2) is 78.1 Å². The fourth-order valence-electron chi connectivity index (χ4n) is 5.66. The van der Waals surface area contributed by atoms with Crippen molar-refractivity contribution in [2.75, 3.05) is 46.4 Å². The molecule has 1 aromatic heterocycles. The van der Waals surface area contributed by atoms with Gasteiger partial charge in [-0.1, -0.05) is 72.8 Å². The van der Waals surface area contributed by atoms with Crippen molar-refractivity contribution < 1.29 is 24.0 Å². The zero-order valence-corrected chi connectivity index (χ0v) is 24.7. The molecule has 10 heteroatoms. The van der Waals surface area contributed by atoms with Crippen molar-refractivity contribution in [3.05, 3.63) is 129 Å². The predicted molar refractivity (Wildman–Crippen MR) is 165 cm³/mol. The Kier molecular flexibility index (Phi) is 9.73. The summed E-state index contributed by atoms with van der Waals surface area (Å²) in [5.41, 5.74) is 3.27. The number of benzene rings is 3. The van der Waals surface area contributed by atoms with Crippen LogP contribution in [0.25, 0.3) is 11.1 Å². The summed E-state index contributed by atoms with van der Waals surface area (Å²) >= 11 is 0. The van der Waals surface area contributed by atoms with Crippen LogP contribution in [0.2, 0.25) is 0 Å². The SMILES string of the molecule is COC(=O)c1cnc(C)c(C(=O)OCCN2CCN(C(c3ccccc3)c3ccccc3)CC2)c1-c1cccc([N+](=O)[O-])c1. The monoisotopic (exact) mass is 594 g/mol. The van der Waals surface area contributed by atoms with Crippen molar-refractivity contribution >= 4 is 17.6 Å². The molecule has 4 aromatic rings. The highest BCUT2D eigenvalue weighted by Crippen LogP contribution is 2.33. The average Bonchev–Trinajstić information content (AvgIpc) is 3.06. The topological polar surface area (TPSA) is 115 Å². The van der Waals surface area contributed by atoms with E-state index in [1.165, 1.54) is 42.6 Å². The predicted octanol–water partition coefficient (Wildman–Crippen LogP) is 5.32. The number of piperazine rings is 1. The van der Waals surface area contributed by atoms with Gasteiger partial charge in [-0.05, 0) is 23.6 Å². The lowest BCUT2D eigenvalue weighted by atomic mass is 9.94. The highest BCUT2D eigenvalue weighted by Gasteiger charge is 2.28. The third kappa shape index (κ3) is 6.82. The minimum Gasteiger partial charge on any atom is -0.465 e. The van der Waals surface area contributed by atoms with E-state index in [0.29, 0.717) is 17.8 Å². The second-order valence-electron chi connectivity index (χ2n) is 10.5. The largest absolute Gasteiger partial charge is 0.465 e. The molecule has 0 saturated carbocycles. The Labute approximate surface area is 256 Å². The summed E-state index contributed by atoms with van der Waals surface area (Å²) in [5.74, 6) is -1.37. The molecule has 10 nitrogen and oxygen atoms in total. The van der Waals surface area contributed by atoms with Crippen molar-refractivity contribution in [3.8, 4) is 11.1 Å². The van der Waals surface area contributed by atoms with Crippen molar-refractivity contribution in [1.82, 2.24) is 14.8 Å². The molecular formula is C34H34N4O6. The number of carbonyl (C=O) groups is 2. The first-order valence-corrected chi connectivity index (χ1v) is 14.4. The lowest BCUT2D eigenvalue weighted by Crippen LogP contribution is -2.48. The zero-order chi connectivity index (χ0) is 31.1. The smallest absolute Gasteiger partial charge is 0.340 e. The third-order valence-corrected chi connectivity index (χ3v) is 7.87. The van der Waals surface area contributed by atoms with Gasteiger partial charge in [-0.25, -0.2) is 9.59 Å². The summed E-state index contributed by atoms with van der Waals surface area (Å²) in [6.45, 7) is 5.63. The highest BCUT2D eigenvalue weighted by molar-refractivity contribution is 6.06. The minimum absolute atomic E-state index is 0.0213. The van der Waals surface area contributed by atoms with E-state index in [9.17, 15) is 19.7 Å². The van der Waals surface area contributed by atoms with E-state index in [-0.39, 0.29) is 35.0 Å². The lowest BCUT2D eigenvalue weighted by molar-refractivity contribution is -0.384. The van der Waals surface area contributed by atoms with Crippen molar-refractivity contribution in [1.29, 1.82) is 0 Å². The quantitative estimate of drug-likeness (QED) is 0.137. The number of rotatable bonds is 10. The van der Waals surface area contributed by atoms with Crippen LogP contribution >= 0.6 is 0 Å². The average molecular weight is 595 g/mol. The molecule has 3 aromatic carbocycles. The summed E-state index contributed by atoms with van der Waals surface area (Å²) in [6, 6.07) is 26.9. The molecule has 0 N–H and O–H groups in total. The maximum atomic E-state index is 13.5. The summed E-state index contributed by atoms with van der Waals surface area (Å²) in [7, 11) is 1.22. The summed E-state index contributed by atoms with van der Waals surface area (Å²) in [4.78, 5) is 46.0. The van der Waals surface area contributed by atoms with Gasteiger partial charge >= 0.3 is 11.9 Å². The molecule has 226 valence electrons. The highest BCUT2D eigenvalue weighted by atomic mass is 16.6. The van der Waals surface area contributed by atoms with E-state index in [0.717, 1.165) is 26.2 Å². The number of aromatic nitrogens is 1. The Morgan fingerprint density at radius 3 is 2.14 bits per heavy atom. The van der Waals surface area contributed by atoms with Crippen molar-refractivity contribution in [2.24, 2.45) is 0 Å². The fourth-order valence-corrected chi connectivity index (χ4v) is 5.66. The number of hydrogen-bond acceptors (Lipinski definition) is 9. The summed E-state index contributed by atoms with van der Waals surface area (Å²) in [6.07, 6.45) is 1.31. The van der Waals surface area contributed by atoms with Gasteiger partial charge in [0.1, 0.15) is 6.61 Å². The number of carbonyl (C=O) groups excluding carboxylic acids is 2. The number of hydrogen-bond donors (Lipinski definition) is 0. The van der Waals surface area contributed by atoms with Crippen LogP contribution in [0.4, 0.5) is 5.69 Å². The fraction of sp³-hybridized carbons (Fsp3) is 0.265. The second kappa shape index (κ2) is 14.0. The van der Waals surface area contributed by atoms with Crippen LogP contribution in [0, 0.1) is 17.0 Å². The molecule has 44 heavy (non-hydrogen) atoms. The number of nitro benzene ring substituents is 1. The number of nitro groups is 1. The first-order chi connectivity index (χ1) is 21.4. The number of nitrogens with zero attached hydrogens (tertiary/aromatic N) is 4. The van der Waals surface area contributed by atoms with Crippen LogP contribution in [0.3, 0.4) is 0 Å². The van der Waals surface area contributed by atoms with Gasteiger partial charge in [0.15, 0.2) is 0 Å². The van der Waals surface area contributed by atoms with E-state index in [1.807, 2.05) is 12.1 Å². The van der Waals surface area contributed by atoms with Crippen LogP contribution in [-0.2, 0) is 9.47 Å². The molecule has 1 fully saturated rings. The van der Waals surface area contributed by atoms with E-state index >= 15 is 0 Å². The van der Waals surface area contributed by atoms with Gasteiger partial charge in [0, 0.05) is 56.6 Å². The molecule has 1 aliphatic rings. The zero-order valence-electron chi connectivity index (χ0n) is 24.7. The molecule has 0 aliphatic carbocycles. The summed E-state index contributed by atoms with van der Waals surface area (Å²) in [5, 5.41) is 11.4. The maximum Gasteiger partial charge on any atom is 0.340 e. The number of aryl methyl sites for hydroxylation is 1. The first-order valence-electron chi connectivity index (χ1n) is 14.4. The molecule has 0 unspecified atom stereocenters. The number of methoxy groups -OCH3 is 1. The van der Waals surface area contributed by atoms with E-state index in [2.05, 4.69) is 63.3 Å².